The van der Waals surface area contributed by atoms with Crippen LogP contribution in [-0.2, 0) is 17.5 Å². The fourth-order valence-electron chi connectivity index (χ4n) is 2.97. The molecule has 1 saturated carbocycles. The van der Waals surface area contributed by atoms with Crippen LogP contribution in [0.15, 0.2) is 24.3 Å². The van der Waals surface area contributed by atoms with E-state index in [0.717, 1.165) is 23.8 Å². The van der Waals surface area contributed by atoms with E-state index in [1.807, 2.05) is 0 Å². The first-order valence-corrected chi connectivity index (χ1v) is 8.59. The molecule has 0 unspecified atom stereocenters. The molecule has 1 aromatic carbocycles. The molecule has 4 nitrogen and oxygen atoms in total. The lowest BCUT2D eigenvalue weighted by Gasteiger charge is -2.24. The third-order valence-corrected chi connectivity index (χ3v) is 4.46. The van der Waals surface area contributed by atoms with Gasteiger partial charge in [-0.15, -0.1) is 0 Å². The van der Waals surface area contributed by atoms with Crippen molar-refractivity contribution in [1.82, 2.24) is 14.5 Å². The highest BCUT2D eigenvalue weighted by Gasteiger charge is 2.39. The number of hydrogen-bond donors (Lipinski definition) is 0. The van der Waals surface area contributed by atoms with Gasteiger partial charge in [-0.25, -0.2) is 4.98 Å². The number of imidazole rings is 1. The first kappa shape index (κ1) is 17.8. The average Bonchev–Trinajstić information content (AvgIpc) is 3.28. The fourth-order valence-corrected chi connectivity index (χ4v) is 2.97. The summed E-state index contributed by atoms with van der Waals surface area (Å²) in [6.45, 7) is 4.40. The van der Waals surface area contributed by atoms with Gasteiger partial charge in [-0.1, -0.05) is 26.0 Å². The summed E-state index contributed by atoms with van der Waals surface area (Å²) in [5.41, 5.74) is 0.588. The van der Waals surface area contributed by atoms with Gasteiger partial charge in [-0.05, 0) is 37.3 Å². The molecule has 1 aliphatic rings. The molecule has 1 heterocycles. The lowest BCUT2D eigenvalue weighted by atomic mass is 10.1. The number of rotatable bonds is 6. The summed E-state index contributed by atoms with van der Waals surface area (Å²) in [6, 6.07) is 6.57. The van der Waals surface area contributed by atoms with Crippen molar-refractivity contribution in [3.05, 3.63) is 30.1 Å². The van der Waals surface area contributed by atoms with Gasteiger partial charge >= 0.3 is 6.18 Å². The van der Waals surface area contributed by atoms with E-state index in [1.54, 1.807) is 23.1 Å². The molecule has 0 radical (unpaired) electrons. The first-order valence-electron chi connectivity index (χ1n) is 8.59. The Morgan fingerprint density at radius 2 is 2.00 bits per heavy atom. The van der Waals surface area contributed by atoms with Crippen molar-refractivity contribution in [2.24, 2.45) is 5.92 Å². The van der Waals surface area contributed by atoms with Crippen molar-refractivity contribution in [3.8, 4) is 0 Å². The topological polar surface area (TPSA) is 38.1 Å². The highest BCUT2D eigenvalue weighted by atomic mass is 19.4. The summed E-state index contributed by atoms with van der Waals surface area (Å²) in [6.07, 6.45) is -1.89. The summed E-state index contributed by atoms with van der Waals surface area (Å²) >= 11 is 0. The van der Waals surface area contributed by atoms with Gasteiger partial charge in [-0.2, -0.15) is 13.2 Å². The quantitative estimate of drug-likeness (QED) is 0.784. The Hall–Kier alpha value is -2.05. The molecule has 1 fully saturated rings. The van der Waals surface area contributed by atoms with Crippen LogP contribution in [0.5, 0.6) is 0 Å². The Balaban J connectivity index is 1.89. The fraction of sp³-hybridized carbons (Fsp3) is 0.556. The van der Waals surface area contributed by atoms with Crippen LogP contribution in [0, 0.1) is 5.92 Å². The first-order chi connectivity index (χ1) is 11.8. The predicted octanol–water partition coefficient (Wildman–Crippen LogP) is 4.09. The zero-order chi connectivity index (χ0) is 18.2. The molecule has 7 heteroatoms. The molecule has 136 valence electrons. The second-order valence-corrected chi connectivity index (χ2v) is 7.01. The number of nitrogens with zero attached hydrogens (tertiary/aromatic N) is 3. The number of para-hydroxylation sites is 2. The van der Waals surface area contributed by atoms with E-state index in [0.29, 0.717) is 18.0 Å². The van der Waals surface area contributed by atoms with E-state index in [9.17, 15) is 18.0 Å². The number of carbonyl (C=O) groups is 1. The lowest BCUT2D eigenvalue weighted by Crippen LogP contribution is -2.37. The second kappa shape index (κ2) is 6.69. The molecule has 0 bridgehead atoms. The van der Waals surface area contributed by atoms with E-state index in [2.05, 4.69) is 18.8 Å². The van der Waals surface area contributed by atoms with Gasteiger partial charge in [0.15, 0.2) is 0 Å². The predicted molar refractivity (Wildman–Crippen MR) is 88.9 cm³/mol. The molecule has 2 aromatic rings. The highest BCUT2D eigenvalue weighted by Crippen LogP contribution is 2.32. The van der Waals surface area contributed by atoms with E-state index < -0.39 is 12.0 Å². The van der Waals surface area contributed by atoms with Crippen LogP contribution in [0.25, 0.3) is 11.0 Å². The smallest absolute Gasteiger partial charge is 0.338 e. The van der Waals surface area contributed by atoms with Crippen LogP contribution in [-0.4, -0.2) is 32.9 Å². The molecular weight excluding hydrogens is 331 g/mol. The Labute approximate surface area is 144 Å². The van der Waals surface area contributed by atoms with Crippen LogP contribution in [0.4, 0.5) is 13.2 Å². The summed E-state index contributed by atoms with van der Waals surface area (Å²) in [5.74, 6) is -0.840. The van der Waals surface area contributed by atoms with E-state index in [-0.39, 0.29) is 24.0 Å². The van der Waals surface area contributed by atoms with Gasteiger partial charge < -0.3 is 9.47 Å². The van der Waals surface area contributed by atoms with Crippen molar-refractivity contribution < 1.29 is 18.0 Å². The highest BCUT2D eigenvalue weighted by molar-refractivity contribution is 5.81. The molecule has 0 spiro atoms. The number of carbonyl (C=O) groups excluding carboxylic acids is 1. The standard InChI is InChI=1S/C18H22F3N3O/c1-12(2)9-10-23(13-7-8-13)16(25)11-24-15-6-4-3-5-14(15)22-17(24)18(19,20)21/h3-6,12-13H,7-11H2,1-2H3. The largest absolute Gasteiger partial charge is 0.449 e. The summed E-state index contributed by atoms with van der Waals surface area (Å²) in [5, 5.41) is 0. The molecule has 1 amide bonds. The van der Waals surface area contributed by atoms with Gasteiger partial charge in [-0.3, -0.25) is 4.79 Å². The summed E-state index contributed by atoms with van der Waals surface area (Å²) in [4.78, 5) is 18.2. The van der Waals surface area contributed by atoms with Crippen molar-refractivity contribution in [2.75, 3.05) is 6.54 Å². The average molecular weight is 353 g/mol. The minimum atomic E-state index is -4.60. The van der Waals surface area contributed by atoms with Gasteiger partial charge in [0, 0.05) is 12.6 Å². The zero-order valence-electron chi connectivity index (χ0n) is 14.4. The minimum absolute atomic E-state index is 0.176. The second-order valence-electron chi connectivity index (χ2n) is 7.01. The molecule has 0 atom stereocenters. The molecule has 0 aliphatic heterocycles. The maximum atomic E-state index is 13.4. The van der Waals surface area contributed by atoms with Crippen LogP contribution in [0.1, 0.15) is 38.9 Å². The number of benzene rings is 1. The minimum Gasteiger partial charge on any atom is -0.338 e. The number of hydrogen-bond acceptors (Lipinski definition) is 2. The van der Waals surface area contributed by atoms with Crippen LogP contribution in [0.3, 0.4) is 0 Å². The Morgan fingerprint density at radius 1 is 1.32 bits per heavy atom. The molecule has 1 aromatic heterocycles. The monoisotopic (exact) mass is 353 g/mol. The van der Waals surface area contributed by atoms with Crippen molar-refractivity contribution in [1.29, 1.82) is 0 Å². The number of fused-ring (bicyclic) bond motifs is 1. The van der Waals surface area contributed by atoms with E-state index >= 15 is 0 Å². The molecule has 3 rings (SSSR count). The normalized spacial score (nSPS) is 15.1. The maximum absolute atomic E-state index is 13.4. The number of aromatic nitrogens is 2. The molecular formula is C18H22F3N3O. The van der Waals surface area contributed by atoms with Crippen LogP contribution < -0.4 is 0 Å². The van der Waals surface area contributed by atoms with Gasteiger partial charge in [0.2, 0.25) is 11.7 Å². The molecule has 25 heavy (non-hydrogen) atoms. The summed E-state index contributed by atoms with van der Waals surface area (Å²) in [7, 11) is 0. The molecule has 0 N–H and O–H groups in total. The van der Waals surface area contributed by atoms with E-state index in [4.69, 9.17) is 0 Å². The van der Waals surface area contributed by atoms with E-state index in [1.165, 1.54) is 6.07 Å². The summed E-state index contributed by atoms with van der Waals surface area (Å²) < 4.78 is 41.1. The van der Waals surface area contributed by atoms with Gasteiger partial charge in [0.1, 0.15) is 6.54 Å². The van der Waals surface area contributed by atoms with Crippen molar-refractivity contribution in [2.45, 2.75) is 51.9 Å². The maximum Gasteiger partial charge on any atom is 0.449 e. The van der Waals surface area contributed by atoms with Crippen molar-refractivity contribution in [3.63, 3.8) is 0 Å². The Bertz CT molecular complexity index is 763. The Kier molecular flexibility index (Phi) is 4.75. The van der Waals surface area contributed by atoms with Crippen LogP contribution >= 0.6 is 0 Å². The number of halogens is 3. The third-order valence-electron chi connectivity index (χ3n) is 4.46. The Morgan fingerprint density at radius 3 is 2.60 bits per heavy atom. The molecule has 0 saturated heterocycles. The SMILES string of the molecule is CC(C)CCN(C(=O)Cn1c(C(F)(F)F)nc2ccccc21)C1CC1. The molecule has 1 aliphatic carbocycles. The zero-order valence-corrected chi connectivity index (χ0v) is 14.4. The number of alkyl halides is 3. The lowest BCUT2D eigenvalue weighted by molar-refractivity contribution is -0.148. The third kappa shape index (κ3) is 3.96. The van der Waals surface area contributed by atoms with Gasteiger partial charge in [0.25, 0.3) is 0 Å². The number of amides is 1. The van der Waals surface area contributed by atoms with Gasteiger partial charge in [0.05, 0.1) is 11.0 Å². The van der Waals surface area contributed by atoms with Crippen molar-refractivity contribution >= 4 is 16.9 Å². The van der Waals surface area contributed by atoms with Crippen LogP contribution in [0.2, 0.25) is 0 Å².